The van der Waals surface area contributed by atoms with E-state index in [1.165, 1.54) is 38.5 Å². The summed E-state index contributed by atoms with van der Waals surface area (Å²) in [6.07, 6.45) is 5.59. The smallest absolute Gasteiger partial charge is 0.258 e. The van der Waals surface area contributed by atoms with Gasteiger partial charge in [0.25, 0.3) is 5.56 Å². The van der Waals surface area contributed by atoms with Crippen molar-refractivity contribution in [3.63, 3.8) is 0 Å². The largest absolute Gasteiger partial charge is 0.489 e. The van der Waals surface area contributed by atoms with Crippen LogP contribution in [0.25, 0.3) is 5.69 Å². The average molecular weight is 404 g/mol. The van der Waals surface area contributed by atoms with E-state index in [-0.39, 0.29) is 5.56 Å². The molecule has 5 nitrogen and oxygen atoms in total. The van der Waals surface area contributed by atoms with Gasteiger partial charge in [-0.2, -0.15) is 0 Å². The topological polar surface area (TPSA) is 46.5 Å². The zero-order valence-electron chi connectivity index (χ0n) is 17.3. The lowest BCUT2D eigenvalue weighted by Crippen LogP contribution is -2.22. The predicted molar refractivity (Wildman–Crippen MR) is 122 cm³/mol. The second-order valence-electron chi connectivity index (χ2n) is 7.72. The zero-order chi connectivity index (χ0) is 20.6. The third-order valence-electron chi connectivity index (χ3n) is 5.46. The first-order valence-electron chi connectivity index (χ1n) is 10.7. The maximum Gasteiger partial charge on any atom is 0.258 e. The highest BCUT2D eigenvalue weighted by molar-refractivity contribution is 5.49. The first-order valence-corrected chi connectivity index (χ1v) is 10.7. The van der Waals surface area contributed by atoms with Crippen LogP contribution in [0.4, 0.5) is 5.69 Å². The van der Waals surface area contributed by atoms with Crippen LogP contribution in [-0.2, 0) is 6.61 Å². The van der Waals surface area contributed by atoms with Gasteiger partial charge in [-0.3, -0.25) is 9.36 Å². The number of ether oxygens (including phenoxy) is 1. The van der Waals surface area contributed by atoms with E-state index in [0.29, 0.717) is 12.4 Å². The second kappa shape index (κ2) is 10.1. The van der Waals surface area contributed by atoms with Gasteiger partial charge in [0.2, 0.25) is 0 Å². The van der Waals surface area contributed by atoms with Gasteiger partial charge in [-0.1, -0.05) is 30.3 Å². The van der Waals surface area contributed by atoms with Crippen molar-refractivity contribution < 1.29 is 4.74 Å². The van der Waals surface area contributed by atoms with Gasteiger partial charge in [0.1, 0.15) is 12.4 Å². The number of nitrogens with one attached hydrogen (secondary N) is 1. The molecule has 4 rings (SSSR count). The molecule has 1 aliphatic heterocycles. The Kier molecular flexibility index (Phi) is 6.83. The number of pyridine rings is 1. The highest BCUT2D eigenvalue weighted by atomic mass is 16.5. The molecule has 0 saturated carbocycles. The molecule has 3 aromatic rings. The van der Waals surface area contributed by atoms with Gasteiger partial charge in [-0.25, -0.2) is 0 Å². The molecule has 1 aliphatic rings. The minimum atomic E-state index is -0.105. The zero-order valence-corrected chi connectivity index (χ0v) is 17.3. The monoisotopic (exact) mass is 403 g/mol. The summed E-state index contributed by atoms with van der Waals surface area (Å²) in [5, 5.41) is 3.47. The Morgan fingerprint density at radius 2 is 1.70 bits per heavy atom. The number of aromatic nitrogens is 1. The highest BCUT2D eigenvalue weighted by Gasteiger charge is 2.10. The third kappa shape index (κ3) is 5.51. The van der Waals surface area contributed by atoms with Gasteiger partial charge < -0.3 is 15.0 Å². The molecule has 0 aliphatic carbocycles. The van der Waals surface area contributed by atoms with E-state index in [4.69, 9.17) is 4.74 Å². The van der Waals surface area contributed by atoms with Gasteiger partial charge in [0, 0.05) is 30.2 Å². The molecule has 0 amide bonds. The molecule has 0 bridgehead atoms. The molecular weight excluding hydrogens is 374 g/mol. The molecule has 0 unspecified atom stereocenters. The van der Waals surface area contributed by atoms with Crippen LogP contribution in [0.3, 0.4) is 0 Å². The number of nitrogens with zero attached hydrogens (tertiary/aromatic N) is 2. The molecule has 1 N–H and O–H groups in total. The summed E-state index contributed by atoms with van der Waals surface area (Å²) in [6.45, 7) is 5.07. The Morgan fingerprint density at radius 1 is 0.933 bits per heavy atom. The minimum absolute atomic E-state index is 0.105. The van der Waals surface area contributed by atoms with Crippen molar-refractivity contribution in [2.24, 2.45) is 0 Å². The van der Waals surface area contributed by atoms with E-state index in [0.717, 1.165) is 29.9 Å². The molecule has 1 fully saturated rings. The van der Waals surface area contributed by atoms with E-state index in [1.807, 2.05) is 60.7 Å². The van der Waals surface area contributed by atoms with Crippen molar-refractivity contribution in [2.45, 2.75) is 25.9 Å². The summed E-state index contributed by atoms with van der Waals surface area (Å²) >= 11 is 0. The molecular formula is C25H29N3O2. The summed E-state index contributed by atoms with van der Waals surface area (Å²) in [5.74, 6) is 0.580. The molecule has 0 atom stereocenters. The Hall–Kier alpha value is -3.05. The second-order valence-corrected chi connectivity index (χ2v) is 7.72. The fourth-order valence-corrected chi connectivity index (χ4v) is 3.79. The maximum absolute atomic E-state index is 12.5. The molecule has 5 heteroatoms. The molecule has 156 valence electrons. The summed E-state index contributed by atoms with van der Waals surface area (Å²) in [6, 6.07) is 21.3. The predicted octanol–water partition coefficient (Wildman–Crippen LogP) is 4.31. The van der Waals surface area contributed by atoms with Crippen molar-refractivity contribution in [1.82, 2.24) is 9.47 Å². The lowest BCUT2D eigenvalue weighted by Gasteiger charge is -2.15. The average Bonchev–Trinajstić information content (AvgIpc) is 3.30. The van der Waals surface area contributed by atoms with Gasteiger partial charge in [0.05, 0.1) is 0 Å². The van der Waals surface area contributed by atoms with Crippen LogP contribution >= 0.6 is 0 Å². The van der Waals surface area contributed by atoms with Crippen molar-refractivity contribution in [1.29, 1.82) is 0 Å². The highest BCUT2D eigenvalue weighted by Crippen LogP contribution is 2.15. The number of likely N-dealkylation sites (tertiary alicyclic amines) is 1. The lowest BCUT2D eigenvalue weighted by atomic mass is 10.2. The van der Waals surface area contributed by atoms with Gasteiger partial charge in [0.15, 0.2) is 0 Å². The van der Waals surface area contributed by atoms with Crippen LogP contribution in [0.15, 0.2) is 77.7 Å². The van der Waals surface area contributed by atoms with Crippen molar-refractivity contribution in [3.05, 3.63) is 88.8 Å². The molecule has 1 saturated heterocycles. The molecule has 30 heavy (non-hydrogen) atoms. The van der Waals surface area contributed by atoms with Gasteiger partial charge in [-0.05, 0) is 74.8 Å². The first-order chi connectivity index (χ1) is 14.8. The van der Waals surface area contributed by atoms with Crippen molar-refractivity contribution in [3.8, 4) is 11.4 Å². The van der Waals surface area contributed by atoms with Crippen LogP contribution in [0.1, 0.15) is 24.8 Å². The maximum atomic E-state index is 12.5. The Labute approximate surface area is 177 Å². The normalized spacial score (nSPS) is 14.0. The van der Waals surface area contributed by atoms with E-state index < -0.39 is 0 Å². The van der Waals surface area contributed by atoms with Crippen LogP contribution in [0.5, 0.6) is 5.75 Å². The molecule has 2 heterocycles. The number of hydrogen-bond donors (Lipinski definition) is 1. The third-order valence-corrected chi connectivity index (χ3v) is 5.46. The van der Waals surface area contributed by atoms with Crippen LogP contribution in [-0.4, -0.2) is 35.6 Å². The Bertz CT molecular complexity index is 977. The van der Waals surface area contributed by atoms with Gasteiger partial charge >= 0.3 is 0 Å². The summed E-state index contributed by atoms with van der Waals surface area (Å²) in [4.78, 5) is 15.1. The van der Waals surface area contributed by atoms with Gasteiger partial charge in [-0.15, -0.1) is 0 Å². The Morgan fingerprint density at radius 3 is 2.43 bits per heavy atom. The quantitative estimate of drug-likeness (QED) is 0.541. The fraction of sp³-hybridized carbons (Fsp3) is 0.320. The summed E-state index contributed by atoms with van der Waals surface area (Å²) in [5.41, 5.74) is 2.89. The minimum Gasteiger partial charge on any atom is -0.489 e. The summed E-state index contributed by atoms with van der Waals surface area (Å²) < 4.78 is 7.38. The molecule has 0 radical (unpaired) electrons. The fourth-order valence-electron chi connectivity index (χ4n) is 3.79. The van der Waals surface area contributed by atoms with E-state index in [1.54, 1.807) is 10.8 Å². The molecule has 0 spiro atoms. The van der Waals surface area contributed by atoms with Crippen LogP contribution < -0.4 is 15.6 Å². The molecule has 1 aromatic heterocycles. The first kappa shape index (κ1) is 20.2. The SMILES string of the molecule is O=c1cc(OCc2ccccc2)ccn1-c1ccc(NCCCN2CCCC2)cc1. The van der Waals surface area contributed by atoms with E-state index >= 15 is 0 Å². The Balaban J connectivity index is 1.30. The number of benzene rings is 2. The van der Waals surface area contributed by atoms with Crippen LogP contribution in [0.2, 0.25) is 0 Å². The molecule has 2 aromatic carbocycles. The standard InChI is InChI=1S/C25H29N3O2/c29-25-19-24(30-20-21-7-2-1-3-8-21)13-18-28(25)23-11-9-22(10-12-23)26-14-6-17-27-15-4-5-16-27/h1-3,7-13,18-19,26H,4-6,14-17,20H2. The van der Waals surface area contributed by atoms with Crippen LogP contribution in [0, 0.1) is 0 Å². The van der Waals surface area contributed by atoms with E-state index in [2.05, 4.69) is 10.2 Å². The van der Waals surface area contributed by atoms with Crippen molar-refractivity contribution >= 4 is 5.69 Å². The number of anilines is 1. The number of rotatable bonds is 9. The summed E-state index contributed by atoms with van der Waals surface area (Å²) in [7, 11) is 0. The van der Waals surface area contributed by atoms with E-state index in [9.17, 15) is 4.79 Å². The van der Waals surface area contributed by atoms with Crippen molar-refractivity contribution in [2.75, 3.05) is 31.5 Å². The number of hydrogen-bond acceptors (Lipinski definition) is 4. The lowest BCUT2D eigenvalue weighted by molar-refractivity contribution is 0.305.